The molecule has 1 aliphatic carbocycles. The highest BCUT2D eigenvalue weighted by Crippen LogP contribution is 2.27. The highest BCUT2D eigenvalue weighted by Gasteiger charge is 2.34. The summed E-state index contributed by atoms with van der Waals surface area (Å²) in [5, 5.41) is 3.14. The van der Waals surface area contributed by atoms with Gasteiger partial charge in [0.25, 0.3) is 10.0 Å². The van der Waals surface area contributed by atoms with Gasteiger partial charge in [-0.1, -0.05) is 84.2 Å². The summed E-state index contributed by atoms with van der Waals surface area (Å²) in [6.45, 7) is 3.58. The summed E-state index contributed by atoms with van der Waals surface area (Å²) in [5.74, 6) is -0.646. The predicted octanol–water partition coefficient (Wildman–Crippen LogP) is 5.82. The molecule has 1 fully saturated rings. The molecule has 0 aliphatic heterocycles. The van der Waals surface area contributed by atoms with Crippen molar-refractivity contribution < 1.29 is 18.0 Å². The van der Waals surface area contributed by atoms with Crippen LogP contribution in [0.4, 0.5) is 5.69 Å². The Hall–Kier alpha value is -3.17. The summed E-state index contributed by atoms with van der Waals surface area (Å²) in [6, 6.07) is 22.0. The normalized spacial score (nSPS) is 14.5. The zero-order valence-corrected chi connectivity index (χ0v) is 25.3. The number of amides is 2. The molecule has 7 nitrogen and oxygen atoms in total. The number of sulfonamides is 1. The van der Waals surface area contributed by atoms with Crippen molar-refractivity contribution in [2.75, 3.05) is 10.8 Å². The molecule has 1 saturated carbocycles. The minimum Gasteiger partial charge on any atom is -0.352 e. The van der Waals surface area contributed by atoms with Crippen LogP contribution in [0, 0.1) is 6.92 Å². The first-order valence-corrected chi connectivity index (χ1v) is 15.9. The topological polar surface area (TPSA) is 86.8 Å². The second kappa shape index (κ2) is 13.5. The molecule has 212 valence electrons. The molecular weight excluding hydrogens is 590 g/mol. The number of carbonyl (C=O) groups excluding carboxylic acids is 2. The molecule has 0 bridgehead atoms. The number of rotatable bonds is 11. The van der Waals surface area contributed by atoms with Crippen LogP contribution >= 0.6 is 15.9 Å². The second-order valence-electron chi connectivity index (χ2n) is 10.2. The van der Waals surface area contributed by atoms with Gasteiger partial charge in [-0.25, -0.2) is 8.42 Å². The molecule has 0 aromatic heterocycles. The van der Waals surface area contributed by atoms with Crippen LogP contribution in [0.25, 0.3) is 0 Å². The Morgan fingerprint density at radius 2 is 1.65 bits per heavy atom. The van der Waals surface area contributed by atoms with Gasteiger partial charge in [0.05, 0.1) is 10.6 Å². The minimum absolute atomic E-state index is 0.0826. The van der Waals surface area contributed by atoms with Gasteiger partial charge in [0.15, 0.2) is 0 Å². The van der Waals surface area contributed by atoms with E-state index >= 15 is 0 Å². The maximum atomic E-state index is 14.2. The van der Waals surface area contributed by atoms with Crippen molar-refractivity contribution in [1.82, 2.24) is 10.2 Å². The van der Waals surface area contributed by atoms with E-state index < -0.39 is 28.5 Å². The van der Waals surface area contributed by atoms with E-state index in [4.69, 9.17) is 0 Å². The molecule has 0 heterocycles. The van der Waals surface area contributed by atoms with Gasteiger partial charge in [0.1, 0.15) is 12.6 Å². The molecule has 0 saturated heterocycles. The van der Waals surface area contributed by atoms with Crippen LogP contribution in [0.5, 0.6) is 0 Å². The van der Waals surface area contributed by atoms with E-state index in [1.807, 2.05) is 38.1 Å². The lowest BCUT2D eigenvalue weighted by Crippen LogP contribution is -2.53. The number of anilines is 1. The summed E-state index contributed by atoms with van der Waals surface area (Å²) in [7, 11) is -4.09. The third-order valence-corrected chi connectivity index (χ3v) is 9.68. The van der Waals surface area contributed by atoms with E-state index in [-0.39, 0.29) is 23.4 Å². The lowest BCUT2D eigenvalue weighted by molar-refractivity contribution is -0.140. The van der Waals surface area contributed by atoms with Crippen molar-refractivity contribution in [3.63, 3.8) is 0 Å². The van der Waals surface area contributed by atoms with Gasteiger partial charge >= 0.3 is 0 Å². The van der Waals surface area contributed by atoms with Crippen LogP contribution in [-0.2, 0) is 26.2 Å². The minimum atomic E-state index is -4.09. The number of benzene rings is 3. The van der Waals surface area contributed by atoms with Crippen molar-refractivity contribution >= 4 is 43.5 Å². The summed E-state index contributed by atoms with van der Waals surface area (Å²) in [6.07, 6.45) is 4.41. The maximum Gasteiger partial charge on any atom is 0.264 e. The maximum absolute atomic E-state index is 14.2. The molecule has 0 spiro atoms. The Bertz CT molecular complexity index is 1430. The molecule has 1 N–H and O–H groups in total. The predicted molar refractivity (Wildman–Crippen MR) is 161 cm³/mol. The third kappa shape index (κ3) is 7.12. The van der Waals surface area contributed by atoms with Gasteiger partial charge in [0.2, 0.25) is 11.8 Å². The molecule has 0 radical (unpaired) electrons. The lowest BCUT2D eigenvalue weighted by Gasteiger charge is -2.34. The number of carbonyl (C=O) groups is 2. The smallest absolute Gasteiger partial charge is 0.264 e. The van der Waals surface area contributed by atoms with Gasteiger partial charge in [0, 0.05) is 17.1 Å². The van der Waals surface area contributed by atoms with Gasteiger partial charge < -0.3 is 10.2 Å². The Kier molecular flexibility index (Phi) is 10.0. The molecule has 3 aromatic rings. The van der Waals surface area contributed by atoms with Crippen LogP contribution in [0.3, 0.4) is 0 Å². The molecule has 0 unspecified atom stereocenters. The Morgan fingerprint density at radius 1 is 0.975 bits per heavy atom. The highest BCUT2D eigenvalue weighted by molar-refractivity contribution is 9.10. The standard InChI is InChI=1S/C31H36BrN3O4S/c1-3-29(31(37)33-26-15-9-10-16-26)34(21-24-13-8-7-12-23(24)2)30(36)22-35(27-17-11-14-25(32)20-27)40(38,39)28-18-5-4-6-19-28/h4-8,11-14,17-20,26,29H,3,9-10,15-16,21-22H2,1-2H3,(H,33,37)/t29-/m1/s1. The zero-order valence-electron chi connectivity index (χ0n) is 22.9. The van der Waals surface area contributed by atoms with Crippen molar-refractivity contribution in [3.8, 4) is 0 Å². The third-order valence-electron chi connectivity index (χ3n) is 7.40. The summed E-state index contributed by atoms with van der Waals surface area (Å²) in [4.78, 5) is 29.3. The quantitative estimate of drug-likeness (QED) is 0.291. The first-order valence-electron chi connectivity index (χ1n) is 13.7. The summed E-state index contributed by atoms with van der Waals surface area (Å²) < 4.78 is 29.6. The van der Waals surface area contributed by atoms with Crippen molar-refractivity contribution in [2.24, 2.45) is 0 Å². The Labute approximate surface area is 245 Å². The van der Waals surface area contributed by atoms with Crippen molar-refractivity contribution in [2.45, 2.75) is 69.5 Å². The fourth-order valence-electron chi connectivity index (χ4n) is 5.14. The fraction of sp³-hybridized carbons (Fsp3) is 0.355. The van der Waals surface area contributed by atoms with E-state index in [1.54, 1.807) is 42.5 Å². The van der Waals surface area contributed by atoms with Crippen LogP contribution in [0.2, 0.25) is 0 Å². The second-order valence-corrected chi connectivity index (χ2v) is 12.9. The number of nitrogens with one attached hydrogen (secondary N) is 1. The molecule has 40 heavy (non-hydrogen) atoms. The molecule has 9 heteroatoms. The van der Waals surface area contributed by atoms with E-state index in [0.717, 1.165) is 41.1 Å². The van der Waals surface area contributed by atoms with Crippen molar-refractivity contribution in [1.29, 1.82) is 0 Å². The number of nitrogens with zero attached hydrogens (tertiary/aromatic N) is 2. The lowest BCUT2D eigenvalue weighted by atomic mass is 10.1. The van der Waals surface area contributed by atoms with Gasteiger partial charge in [-0.15, -0.1) is 0 Å². The van der Waals surface area contributed by atoms with Gasteiger partial charge in [-0.05, 0) is 67.6 Å². The van der Waals surface area contributed by atoms with E-state index in [0.29, 0.717) is 16.6 Å². The number of hydrogen-bond donors (Lipinski definition) is 1. The highest BCUT2D eigenvalue weighted by atomic mass is 79.9. The fourth-order valence-corrected chi connectivity index (χ4v) is 6.95. The summed E-state index contributed by atoms with van der Waals surface area (Å²) in [5.41, 5.74) is 2.25. The van der Waals surface area contributed by atoms with Crippen LogP contribution in [0.15, 0.2) is 88.2 Å². The first kappa shape index (κ1) is 29.8. The van der Waals surface area contributed by atoms with Crippen molar-refractivity contribution in [3.05, 3.63) is 94.5 Å². The average Bonchev–Trinajstić information content (AvgIpc) is 3.46. The van der Waals surface area contributed by atoms with Crippen LogP contribution in [-0.4, -0.2) is 43.8 Å². The molecule has 1 aliphatic rings. The monoisotopic (exact) mass is 625 g/mol. The first-order chi connectivity index (χ1) is 19.2. The molecule has 1 atom stereocenters. The van der Waals surface area contributed by atoms with Crippen LogP contribution in [0.1, 0.15) is 50.2 Å². The average molecular weight is 627 g/mol. The molecule has 2 amide bonds. The molecular formula is C31H36BrN3O4S. The summed E-state index contributed by atoms with van der Waals surface area (Å²) >= 11 is 3.43. The number of hydrogen-bond acceptors (Lipinski definition) is 4. The molecule has 3 aromatic carbocycles. The number of halogens is 1. The number of aryl methyl sites for hydroxylation is 1. The van der Waals surface area contributed by atoms with E-state index in [1.165, 1.54) is 17.0 Å². The van der Waals surface area contributed by atoms with E-state index in [9.17, 15) is 18.0 Å². The Morgan fingerprint density at radius 3 is 2.30 bits per heavy atom. The van der Waals surface area contributed by atoms with Gasteiger partial charge in [-0.3, -0.25) is 13.9 Å². The van der Waals surface area contributed by atoms with Gasteiger partial charge in [-0.2, -0.15) is 0 Å². The van der Waals surface area contributed by atoms with Crippen LogP contribution < -0.4 is 9.62 Å². The van der Waals surface area contributed by atoms with E-state index in [2.05, 4.69) is 21.2 Å². The SMILES string of the molecule is CC[C@H](C(=O)NC1CCCC1)N(Cc1ccccc1C)C(=O)CN(c1cccc(Br)c1)S(=O)(=O)c1ccccc1. The zero-order chi connectivity index (χ0) is 28.7. The Balaban J connectivity index is 1.71. The molecule has 4 rings (SSSR count). The largest absolute Gasteiger partial charge is 0.352 e.